The van der Waals surface area contributed by atoms with E-state index in [4.69, 9.17) is 4.74 Å². The molecule has 0 unspecified atom stereocenters. The number of aromatic nitrogens is 1. The van der Waals surface area contributed by atoms with Crippen LogP contribution < -0.4 is 10.1 Å². The van der Waals surface area contributed by atoms with Gasteiger partial charge in [0.25, 0.3) is 0 Å². The second kappa shape index (κ2) is 9.85. The number of amides is 1. The van der Waals surface area contributed by atoms with E-state index in [-0.39, 0.29) is 5.91 Å². The van der Waals surface area contributed by atoms with Crippen LogP contribution in [0.2, 0.25) is 0 Å². The quantitative estimate of drug-likeness (QED) is 0.406. The lowest BCUT2D eigenvalue weighted by molar-refractivity contribution is -0.116. The zero-order valence-electron chi connectivity index (χ0n) is 16.0. The fourth-order valence-electron chi connectivity index (χ4n) is 2.67. The Morgan fingerprint density at radius 2 is 2.00 bits per heavy atom. The van der Waals surface area contributed by atoms with E-state index in [2.05, 4.69) is 64.3 Å². The van der Waals surface area contributed by atoms with Crippen molar-refractivity contribution in [3.63, 3.8) is 0 Å². The molecule has 0 saturated carbocycles. The van der Waals surface area contributed by atoms with Crippen molar-refractivity contribution in [2.75, 3.05) is 11.9 Å². The van der Waals surface area contributed by atoms with Gasteiger partial charge in [-0.2, -0.15) is 0 Å². The molecule has 0 aliphatic carbocycles. The van der Waals surface area contributed by atoms with Crippen LogP contribution in [0.3, 0.4) is 0 Å². The second-order valence-electron chi connectivity index (χ2n) is 6.52. The lowest BCUT2D eigenvalue weighted by atomic mass is 10.1. The lowest BCUT2D eigenvalue weighted by Crippen LogP contribution is -2.12. The molecule has 0 radical (unpaired) electrons. The molecule has 1 amide bonds. The minimum atomic E-state index is -0.0474. The number of nitrogens with zero attached hydrogens (tertiary/aromatic N) is 1. The van der Waals surface area contributed by atoms with Crippen LogP contribution >= 0.6 is 27.3 Å². The Morgan fingerprint density at radius 1 is 1.21 bits per heavy atom. The highest BCUT2D eigenvalue weighted by molar-refractivity contribution is 9.10. The molecule has 0 saturated heterocycles. The molecule has 3 rings (SSSR count). The number of halogens is 1. The molecule has 1 N–H and O–H groups in total. The van der Waals surface area contributed by atoms with Crippen molar-refractivity contribution in [3.05, 3.63) is 63.4 Å². The summed E-state index contributed by atoms with van der Waals surface area (Å²) in [6.07, 6.45) is 2.02. The summed E-state index contributed by atoms with van der Waals surface area (Å²) in [6.45, 7) is 4.66. The first-order chi connectivity index (χ1) is 13.5. The van der Waals surface area contributed by atoms with Gasteiger partial charge in [0.1, 0.15) is 5.75 Å². The number of rotatable bonds is 8. The van der Waals surface area contributed by atoms with Crippen LogP contribution in [0.15, 0.2) is 52.3 Å². The van der Waals surface area contributed by atoms with Gasteiger partial charge in [0.15, 0.2) is 5.13 Å². The highest BCUT2D eigenvalue weighted by Gasteiger charge is 2.09. The van der Waals surface area contributed by atoms with Crippen molar-refractivity contribution in [3.8, 4) is 17.0 Å². The van der Waals surface area contributed by atoms with E-state index < -0.39 is 0 Å². The summed E-state index contributed by atoms with van der Waals surface area (Å²) >= 11 is 4.97. The van der Waals surface area contributed by atoms with E-state index in [0.717, 1.165) is 27.9 Å². The normalized spacial score (nSPS) is 10.7. The van der Waals surface area contributed by atoms with Gasteiger partial charge in [0.2, 0.25) is 5.91 Å². The van der Waals surface area contributed by atoms with Gasteiger partial charge >= 0.3 is 0 Å². The molecule has 28 heavy (non-hydrogen) atoms. The summed E-state index contributed by atoms with van der Waals surface area (Å²) in [6, 6.07) is 14.3. The lowest BCUT2D eigenvalue weighted by Gasteiger charge is -2.09. The van der Waals surface area contributed by atoms with Crippen LogP contribution in [0.4, 0.5) is 5.13 Å². The average Bonchev–Trinajstić information content (AvgIpc) is 3.15. The number of nitrogens with one attached hydrogen (secondary N) is 1. The fraction of sp³-hybridized carbons (Fsp3) is 0.273. The third-order valence-corrected chi connectivity index (χ3v) is 5.69. The maximum absolute atomic E-state index is 12.2. The van der Waals surface area contributed by atoms with Gasteiger partial charge in [-0.1, -0.05) is 42.8 Å². The Morgan fingerprint density at radius 3 is 2.71 bits per heavy atom. The Bertz CT molecular complexity index is 938. The maximum Gasteiger partial charge on any atom is 0.226 e. The Labute approximate surface area is 178 Å². The first kappa shape index (κ1) is 20.6. The van der Waals surface area contributed by atoms with E-state index in [1.54, 1.807) is 0 Å². The molecule has 0 fully saturated rings. The van der Waals surface area contributed by atoms with Crippen molar-refractivity contribution in [1.29, 1.82) is 0 Å². The highest BCUT2D eigenvalue weighted by atomic mass is 79.9. The summed E-state index contributed by atoms with van der Waals surface area (Å²) in [5.74, 6) is 0.758. The van der Waals surface area contributed by atoms with Crippen LogP contribution in [-0.4, -0.2) is 17.5 Å². The van der Waals surface area contributed by atoms with E-state index in [1.165, 1.54) is 22.5 Å². The molecule has 146 valence electrons. The number of thiazole rings is 1. The van der Waals surface area contributed by atoms with E-state index in [1.807, 2.05) is 23.6 Å². The molecule has 6 heteroatoms. The van der Waals surface area contributed by atoms with Crippen LogP contribution in [-0.2, 0) is 11.2 Å². The van der Waals surface area contributed by atoms with Crippen molar-refractivity contribution in [2.24, 2.45) is 0 Å². The van der Waals surface area contributed by atoms with Crippen LogP contribution in [0.1, 0.15) is 30.9 Å². The van der Waals surface area contributed by atoms with Gasteiger partial charge in [-0.25, -0.2) is 4.98 Å². The highest BCUT2D eigenvalue weighted by Crippen LogP contribution is 2.27. The van der Waals surface area contributed by atoms with Crippen LogP contribution in [0.25, 0.3) is 11.3 Å². The molecule has 1 heterocycles. The molecule has 3 aromatic rings. The molecule has 1 aromatic heterocycles. The molecule has 0 aliphatic rings. The fourth-order valence-corrected chi connectivity index (χ4v) is 3.94. The Balaban J connectivity index is 1.44. The third-order valence-electron chi connectivity index (χ3n) is 4.31. The van der Waals surface area contributed by atoms with E-state index in [9.17, 15) is 4.79 Å². The number of anilines is 1. The predicted octanol–water partition coefficient (Wildman–Crippen LogP) is 6.24. The predicted molar refractivity (Wildman–Crippen MR) is 119 cm³/mol. The summed E-state index contributed by atoms with van der Waals surface area (Å²) in [4.78, 5) is 16.7. The van der Waals surface area contributed by atoms with Gasteiger partial charge in [-0.15, -0.1) is 11.3 Å². The SMILES string of the molecule is CCc1ccc(OCCCC(=O)Nc2nc(-c3ccc(C)cc3)cs2)c(Br)c1. The first-order valence-electron chi connectivity index (χ1n) is 9.29. The van der Waals surface area contributed by atoms with Gasteiger partial charge in [0.05, 0.1) is 16.8 Å². The number of hydrogen-bond acceptors (Lipinski definition) is 4. The summed E-state index contributed by atoms with van der Waals surface area (Å²) in [5, 5.41) is 5.46. The molecule has 4 nitrogen and oxygen atoms in total. The van der Waals surface area contributed by atoms with Crippen LogP contribution in [0, 0.1) is 6.92 Å². The molecular formula is C22H23BrN2O2S. The molecular weight excluding hydrogens is 436 g/mol. The minimum absolute atomic E-state index is 0.0474. The average molecular weight is 459 g/mol. The smallest absolute Gasteiger partial charge is 0.226 e. The number of benzene rings is 2. The number of carbonyl (C=O) groups is 1. The van der Waals surface area contributed by atoms with Gasteiger partial charge in [-0.3, -0.25) is 4.79 Å². The number of ether oxygens (including phenoxy) is 1. The molecule has 0 bridgehead atoms. The third kappa shape index (κ3) is 5.66. The van der Waals surface area contributed by atoms with Gasteiger partial charge in [-0.05, 0) is 53.4 Å². The summed E-state index contributed by atoms with van der Waals surface area (Å²) in [5.41, 5.74) is 4.40. The van der Waals surface area contributed by atoms with Crippen molar-refractivity contribution in [1.82, 2.24) is 4.98 Å². The van der Waals surface area contributed by atoms with Crippen molar-refractivity contribution >= 4 is 38.3 Å². The Kier molecular flexibility index (Phi) is 7.23. The topological polar surface area (TPSA) is 51.2 Å². The maximum atomic E-state index is 12.2. The number of carbonyl (C=O) groups excluding carboxylic acids is 1. The van der Waals surface area contributed by atoms with Crippen molar-refractivity contribution in [2.45, 2.75) is 33.1 Å². The second-order valence-corrected chi connectivity index (χ2v) is 8.23. The van der Waals surface area contributed by atoms with Gasteiger partial charge in [0, 0.05) is 17.4 Å². The minimum Gasteiger partial charge on any atom is -0.492 e. The standard InChI is InChI=1S/C22H23BrN2O2S/c1-3-16-8-11-20(18(23)13-16)27-12-4-5-21(26)25-22-24-19(14-28-22)17-9-6-15(2)7-10-17/h6-11,13-14H,3-5,12H2,1-2H3,(H,24,25,26). The zero-order chi connectivity index (χ0) is 19.9. The van der Waals surface area contributed by atoms with E-state index in [0.29, 0.717) is 24.6 Å². The summed E-state index contributed by atoms with van der Waals surface area (Å²) < 4.78 is 6.72. The molecule has 0 atom stereocenters. The zero-order valence-corrected chi connectivity index (χ0v) is 18.4. The Hall–Kier alpha value is -2.18. The summed E-state index contributed by atoms with van der Waals surface area (Å²) in [7, 11) is 0. The largest absolute Gasteiger partial charge is 0.492 e. The van der Waals surface area contributed by atoms with E-state index >= 15 is 0 Å². The first-order valence-corrected chi connectivity index (χ1v) is 11.0. The van der Waals surface area contributed by atoms with Gasteiger partial charge < -0.3 is 10.1 Å². The monoisotopic (exact) mass is 458 g/mol. The number of aryl methyl sites for hydroxylation is 2. The molecule has 2 aromatic carbocycles. The van der Waals surface area contributed by atoms with Crippen LogP contribution in [0.5, 0.6) is 5.75 Å². The molecule has 0 spiro atoms. The van der Waals surface area contributed by atoms with Crippen molar-refractivity contribution < 1.29 is 9.53 Å². The molecule has 0 aliphatic heterocycles. The number of hydrogen-bond donors (Lipinski definition) is 1.